The fourth-order valence-corrected chi connectivity index (χ4v) is 3.03. The molecule has 0 radical (unpaired) electrons. The van der Waals surface area contributed by atoms with Crippen LogP contribution in [0.3, 0.4) is 0 Å². The Hall–Kier alpha value is -3.12. The summed E-state index contributed by atoms with van der Waals surface area (Å²) in [6, 6.07) is 12.0. The Morgan fingerprint density at radius 3 is 2.63 bits per heavy atom. The zero-order chi connectivity index (χ0) is 18.8. The minimum absolute atomic E-state index is 0.210. The predicted octanol–water partition coefficient (Wildman–Crippen LogP) is 3.40. The zero-order valence-electron chi connectivity index (χ0n) is 14.8. The number of hydrogen-bond donors (Lipinski definition) is 0. The van der Waals surface area contributed by atoms with Crippen molar-refractivity contribution in [1.29, 1.82) is 0 Å². The summed E-state index contributed by atoms with van der Waals surface area (Å²) in [5, 5.41) is 0. The number of carbonyl (C=O) groups excluding carboxylic acids is 2. The summed E-state index contributed by atoms with van der Waals surface area (Å²) < 4.78 is 21.5. The van der Waals surface area contributed by atoms with Crippen LogP contribution in [0.2, 0.25) is 0 Å². The van der Waals surface area contributed by atoms with Gasteiger partial charge in [-0.25, -0.2) is 4.79 Å². The van der Waals surface area contributed by atoms with E-state index in [-0.39, 0.29) is 11.5 Å². The molecule has 0 aromatic heterocycles. The Balaban J connectivity index is 1.51. The van der Waals surface area contributed by atoms with Crippen LogP contribution in [0.4, 0.5) is 0 Å². The van der Waals surface area contributed by atoms with Crippen LogP contribution in [-0.2, 0) is 9.53 Å². The first kappa shape index (κ1) is 17.3. The number of esters is 1. The fraction of sp³-hybridized carbons (Fsp3) is 0.238. The Morgan fingerprint density at radius 2 is 1.93 bits per heavy atom. The second kappa shape index (κ2) is 7.25. The van der Waals surface area contributed by atoms with Gasteiger partial charge in [-0.05, 0) is 48.7 Å². The van der Waals surface area contributed by atoms with Gasteiger partial charge in [-0.2, -0.15) is 0 Å². The van der Waals surface area contributed by atoms with E-state index in [0.29, 0.717) is 30.1 Å². The van der Waals surface area contributed by atoms with Gasteiger partial charge in [0.15, 0.2) is 11.9 Å². The summed E-state index contributed by atoms with van der Waals surface area (Å²) in [7, 11) is 1.59. The van der Waals surface area contributed by atoms with Gasteiger partial charge in [0, 0.05) is 12.7 Å². The molecule has 2 aromatic carbocycles. The summed E-state index contributed by atoms with van der Waals surface area (Å²) in [6.45, 7) is 0.571. The molecule has 6 nitrogen and oxygen atoms in total. The molecule has 0 saturated carbocycles. The summed E-state index contributed by atoms with van der Waals surface area (Å²) in [4.78, 5) is 24.6. The van der Waals surface area contributed by atoms with Crippen molar-refractivity contribution in [3.63, 3.8) is 0 Å². The van der Waals surface area contributed by atoms with Crippen molar-refractivity contribution in [2.45, 2.75) is 18.9 Å². The Bertz CT molecular complexity index is 907. The van der Waals surface area contributed by atoms with Crippen LogP contribution in [0.15, 0.2) is 48.2 Å². The third kappa shape index (κ3) is 3.57. The minimum Gasteiger partial charge on any atom is -0.497 e. The molecule has 0 spiro atoms. The van der Waals surface area contributed by atoms with E-state index >= 15 is 0 Å². The van der Waals surface area contributed by atoms with Crippen LogP contribution < -0.4 is 14.2 Å². The molecule has 1 saturated heterocycles. The lowest BCUT2D eigenvalue weighted by Crippen LogP contribution is -2.24. The third-order valence-electron chi connectivity index (χ3n) is 4.47. The van der Waals surface area contributed by atoms with Crippen LogP contribution in [0.1, 0.15) is 28.8 Å². The van der Waals surface area contributed by atoms with Gasteiger partial charge < -0.3 is 18.9 Å². The molecule has 27 heavy (non-hydrogen) atoms. The van der Waals surface area contributed by atoms with Crippen molar-refractivity contribution >= 4 is 17.8 Å². The maximum atomic E-state index is 12.5. The SMILES string of the molecule is COc1ccc(/C=C2\Oc3cc(OC(=O)C4CCCO4)ccc3C2=O)cc1. The molecule has 2 aliphatic rings. The quantitative estimate of drug-likeness (QED) is 0.469. The van der Waals surface area contributed by atoms with Crippen LogP contribution in [0.5, 0.6) is 17.2 Å². The number of rotatable bonds is 4. The number of Topliss-reactive ketones (excluding diaryl/α,β-unsaturated/α-hetero) is 1. The average molecular weight is 366 g/mol. The lowest BCUT2D eigenvalue weighted by atomic mass is 10.1. The second-order valence-corrected chi connectivity index (χ2v) is 6.29. The smallest absolute Gasteiger partial charge is 0.340 e. The van der Waals surface area contributed by atoms with Gasteiger partial charge in [-0.1, -0.05) is 12.1 Å². The van der Waals surface area contributed by atoms with Gasteiger partial charge in [0.25, 0.3) is 0 Å². The van der Waals surface area contributed by atoms with Crippen LogP contribution >= 0.6 is 0 Å². The molecule has 0 N–H and O–H groups in total. The molecule has 1 atom stereocenters. The minimum atomic E-state index is -0.522. The molecule has 2 heterocycles. The van der Waals surface area contributed by atoms with E-state index in [1.165, 1.54) is 0 Å². The van der Waals surface area contributed by atoms with Gasteiger partial charge in [-0.3, -0.25) is 4.79 Å². The van der Waals surface area contributed by atoms with Crippen molar-refractivity contribution in [3.8, 4) is 17.2 Å². The van der Waals surface area contributed by atoms with Gasteiger partial charge in [0.2, 0.25) is 5.78 Å². The summed E-state index contributed by atoms with van der Waals surface area (Å²) >= 11 is 0. The van der Waals surface area contributed by atoms with E-state index in [0.717, 1.165) is 17.7 Å². The Morgan fingerprint density at radius 1 is 1.15 bits per heavy atom. The molecule has 6 heteroatoms. The van der Waals surface area contributed by atoms with Crippen LogP contribution in [0.25, 0.3) is 6.08 Å². The topological polar surface area (TPSA) is 71.1 Å². The molecule has 0 aliphatic carbocycles. The highest BCUT2D eigenvalue weighted by atomic mass is 16.6. The Kier molecular flexibility index (Phi) is 4.64. The number of benzene rings is 2. The van der Waals surface area contributed by atoms with Gasteiger partial charge in [0.05, 0.1) is 12.7 Å². The van der Waals surface area contributed by atoms with E-state index in [1.54, 1.807) is 31.4 Å². The highest BCUT2D eigenvalue weighted by molar-refractivity contribution is 6.14. The Labute approximate surface area is 156 Å². The molecule has 2 aromatic rings. The molecular weight excluding hydrogens is 348 g/mol. The lowest BCUT2D eigenvalue weighted by Gasteiger charge is -2.09. The fourth-order valence-electron chi connectivity index (χ4n) is 3.03. The molecule has 138 valence electrons. The maximum Gasteiger partial charge on any atom is 0.340 e. The number of methoxy groups -OCH3 is 1. The highest BCUT2D eigenvalue weighted by Crippen LogP contribution is 2.35. The monoisotopic (exact) mass is 366 g/mol. The number of fused-ring (bicyclic) bond motifs is 1. The van der Waals surface area contributed by atoms with Crippen molar-refractivity contribution in [1.82, 2.24) is 0 Å². The average Bonchev–Trinajstić information content (AvgIpc) is 3.32. The van der Waals surface area contributed by atoms with E-state index in [2.05, 4.69) is 0 Å². The molecular formula is C21H18O6. The molecule has 4 rings (SSSR count). The van der Waals surface area contributed by atoms with Crippen molar-refractivity contribution in [2.75, 3.05) is 13.7 Å². The molecule has 0 bridgehead atoms. The van der Waals surface area contributed by atoms with Crippen molar-refractivity contribution < 1.29 is 28.5 Å². The van der Waals surface area contributed by atoms with Crippen molar-refractivity contribution in [2.24, 2.45) is 0 Å². The normalized spacial score (nSPS) is 19.7. The maximum absolute atomic E-state index is 12.5. The van der Waals surface area contributed by atoms with Crippen LogP contribution in [0, 0.1) is 0 Å². The predicted molar refractivity (Wildman–Crippen MR) is 97.0 cm³/mol. The van der Waals surface area contributed by atoms with Gasteiger partial charge in [0.1, 0.15) is 17.2 Å². The van der Waals surface area contributed by atoms with E-state index in [4.69, 9.17) is 18.9 Å². The molecule has 1 unspecified atom stereocenters. The highest BCUT2D eigenvalue weighted by Gasteiger charge is 2.29. The molecule has 0 amide bonds. The first-order chi connectivity index (χ1) is 13.1. The van der Waals surface area contributed by atoms with E-state index < -0.39 is 12.1 Å². The van der Waals surface area contributed by atoms with Gasteiger partial charge >= 0.3 is 5.97 Å². The van der Waals surface area contributed by atoms with E-state index in [1.807, 2.05) is 24.3 Å². The first-order valence-corrected chi connectivity index (χ1v) is 8.70. The number of hydrogen-bond acceptors (Lipinski definition) is 6. The summed E-state index contributed by atoms with van der Waals surface area (Å²) in [5.41, 5.74) is 1.25. The number of allylic oxidation sites excluding steroid dienone is 1. The third-order valence-corrected chi connectivity index (χ3v) is 4.47. The zero-order valence-corrected chi connectivity index (χ0v) is 14.8. The van der Waals surface area contributed by atoms with Crippen LogP contribution in [-0.4, -0.2) is 31.6 Å². The van der Waals surface area contributed by atoms with Gasteiger partial charge in [-0.15, -0.1) is 0 Å². The number of ketones is 1. The van der Waals surface area contributed by atoms with E-state index in [9.17, 15) is 9.59 Å². The summed E-state index contributed by atoms with van der Waals surface area (Å²) in [6.07, 6.45) is 2.65. The molecule has 1 fully saturated rings. The second-order valence-electron chi connectivity index (χ2n) is 6.29. The largest absolute Gasteiger partial charge is 0.497 e. The lowest BCUT2D eigenvalue weighted by molar-refractivity contribution is -0.144. The standard InChI is InChI=1S/C21H18O6/c1-24-14-6-4-13(5-7-14)11-19-20(22)16-9-8-15(12-18(16)27-19)26-21(23)17-3-2-10-25-17/h4-9,11-12,17H,2-3,10H2,1H3/b19-11-. The number of carbonyl (C=O) groups is 2. The first-order valence-electron chi connectivity index (χ1n) is 8.70. The molecule has 2 aliphatic heterocycles. The van der Waals surface area contributed by atoms with Crippen molar-refractivity contribution in [3.05, 3.63) is 59.4 Å². The number of ether oxygens (including phenoxy) is 4. The summed E-state index contributed by atoms with van der Waals surface area (Å²) in [5.74, 6) is 1.02.